The lowest BCUT2D eigenvalue weighted by molar-refractivity contribution is 0.211. The molecular weight excluding hydrogens is 250 g/mol. The maximum Gasteiger partial charge on any atom is 0.258 e. The second kappa shape index (κ2) is 5.75. The summed E-state index contributed by atoms with van der Waals surface area (Å²) in [6.07, 6.45) is 5.10. The van der Waals surface area contributed by atoms with Crippen LogP contribution in [-0.4, -0.2) is 28.0 Å². The third-order valence-electron chi connectivity index (χ3n) is 4.22. The summed E-state index contributed by atoms with van der Waals surface area (Å²) >= 11 is 0. The maximum absolute atomic E-state index is 12.1. The number of nitrogens with zero attached hydrogens (tertiary/aromatic N) is 2. The lowest BCUT2D eigenvalue weighted by atomic mass is 10.2. The summed E-state index contributed by atoms with van der Waals surface area (Å²) < 4.78 is 0. The fourth-order valence-corrected chi connectivity index (χ4v) is 2.96. The van der Waals surface area contributed by atoms with Crippen molar-refractivity contribution in [3.63, 3.8) is 0 Å². The highest BCUT2D eigenvalue weighted by atomic mass is 16.1. The number of para-hydroxylation sites is 1. The van der Waals surface area contributed by atoms with Crippen LogP contribution >= 0.6 is 0 Å². The first-order chi connectivity index (χ1) is 9.75. The van der Waals surface area contributed by atoms with E-state index in [-0.39, 0.29) is 11.6 Å². The molecule has 4 nitrogen and oxygen atoms in total. The molecule has 3 rings (SSSR count). The van der Waals surface area contributed by atoms with Crippen molar-refractivity contribution in [2.24, 2.45) is 0 Å². The van der Waals surface area contributed by atoms with Gasteiger partial charge >= 0.3 is 0 Å². The number of benzene rings is 1. The molecule has 0 aliphatic carbocycles. The van der Waals surface area contributed by atoms with E-state index >= 15 is 0 Å². The van der Waals surface area contributed by atoms with Crippen molar-refractivity contribution < 1.29 is 0 Å². The highest BCUT2D eigenvalue weighted by molar-refractivity contribution is 5.77. The first kappa shape index (κ1) is 13.3. The normalized spacial score (nSPS) is 18.9. The Morgan fingerprint density at radius 1 is 1.15 bits per heavy atom. The molecule has 1 saturated heterocycles. The molecule has 0 bridgehead atoms. The van der Waals surface area contributed by atoms with Gasteiger partial charge in [0.2, 0.25) is 0 Å². The Morgan fingerprint density at radius 2 is 1.85 bits per heavy atom. The molecular formula is C16H21N3O. The summed E-state index contributed by atoms with van der Waals surface area (Å²) in [5, 5.41) is 0.666. The number of hydrogen-bond donors (Lipinski definition) is 1. The predicted molar refractivity (Wildman–Crippen MR) is 80.8 cm³/mol. The van der Waals surface area contributed by atoms with Gasteiger partial charge in [0.05, 0.1) is 16.9 Å². The molecule has 0 amide bonds. The van der Waals surface area contributed by atoms with Crippen LogP contribution in [0.15, 0.2) is 29.1 Å². The Bertz CT molecular complexity index is 641. The highest BCUT2D eigenvalue weighted by Crippen LogP contribution is 2.21. The van der Waals surface area contributed by atoms with Crippen LogP contribution in [0.4, 0.5) is 0 Å². The van der Waals surface area contributed by atoms with Crippen molar-refractivity contribution in [2.75, 3.05) is 13.1 Å². The Hall–Kier alpha value is -1.68. The van der Waals surface area contributed by atoms with Crippen LogP contribution in [0.25, 0.3) is 10.9 Å². The van der Waals surface area contributed by atoms with E-state index < -0.39 is 0 Å². The Morgan fingerprint density at radius 3 is 2.60 bits per heavy atom. The van der Waals surface area contributed by atoms with Crippen molar-refractivity contribution in [2.45, 2.75) is 38.6 Å². The molecule has 106 valence electrons. The summed E-state index contributed by atoms with van der Waals surface area (Å²) in [5.41, 5.74) is 0.750. The van der Waals surface area contributed by atoms with E-state index in [0.717, 1.165) is 24.4 Å². The van der Waals surface area contributed by atoms with E-state index in [4.69, 9.17) is 0 Å². The summed E-state index contributed by atoms with van der Waals surface area (Å²) in [6.45, 7) is 4.33. The largest absolute Gasteiger partial charge is 0.309 e. The van der Waals surface area contributed by atoms with Gasteiger partial charge in [0, 0.05) is 0 Å². The Balaban J connectivity index is 1.94. The minimum atomic E-state index is -0.0349. The zero-order chi connectivity index (χ0) is 13.9. The van der Waals surface area contributed by atoms with E-state index in [1.54, 1.807) is 0 Å². The zero-order valence-corrected chi connectivity index (χ0v) is 11.9. The molecule has 1 N–H and O–H groups in total. The molecule has 4 heteroatoms. The zero-order valence-electron chi connectivity index (χ0n) is 11.9. The Kier molecular flexibility index (Phi) is 3.83. The van der Waals surface area contributed by atoms with Crippen molar-refractivity contribution in [3.8, 4) is 0 Å². The van der Waals surface area contributed by atoms with Crippen molar-refractivity contribution in [1.29, 1.82) is 0 Å². The van der Waals surface area contributed by atoms with Gasteiger partial charge in [-0.3, -0.25) is 9.69 Å². The van der Waals surface area contributed by atoms with Gasteiger partial charge in [-0.05, 0) is 45.0 Å². The van der Waals surface area contributed by atoms with Crippen LogP contribution in [0.3, 0.4) is 0 Å². The van der Waals surface area contributed by atoms with Gasteiger partial charge in [0.15, 0.2) is 0 Å². The highest BCUT2D eigenvalue weighted by Gasteiger charge is 2.19. The molecule has 0 saturated carbocycles. The van der Waals surface area contributed by atoms with Gasteiger partial charge in [0.1, 0.15) is 5.82 Å². The molecule has 0 spiro atoms. The van der Waals surface area contributed by atoms with Crippen LogP contribution in [0, 0.1) is 0 Å². The third kappa shape index (κ3) is 2.61. The van der Waals surface area contributed by atoms with Crippen LogP contribution in [0.1, 0.15) is 44.5 Å². The lowest BCUT2D eigenvalue weighted by Crippen LogP contribution is -2.30. The number of likely N-dealkylation sites (tertiary alicyclic amines) is 1. The standard InChI is InChI=1S/C16H21N3O/c1-12(19-10-6-2-3-7-11-19)15-17-14-9-5-4-8-13(14)16(20)18-15/h4-5,8-9,12H,2-3,6-7,10-11H2,1H3,(H,17,18,20)/t12-/m1/s1. The number of H-pyrrole nitrogens is 1. The van der Waals surface area contributed by atoms with Crippen LogP contribution in [-0.2, 0) is 0 Å². The number of aromatic nitrogens is 2. The second-order valence-corrected chi connectivity index (χ2v) is 5.59. The number of fused-ring (bicyclic) bond motifs is 1. The van der Waals surface area contributed by atoms with Crippen LogP contribution < -0.4 is 5.56 Å². The molecule has 1 fully saturated rings. The topological polar surface area (TPSA) is 49.0 Å². The van der Waals surface area contributed by atoms with E-state index in [2.05, 4.69) is 21.8 Å². The molecule has 0 radical (unpaired) electrons. The fourth-order valence-electron chi connectivity index (χ4n) is 2.96. The van der Waals surface area contributed by atoms with Gasteiger partial charge in [-0.2, -0.15) is 0 Å². The molecule has 1 aromatic heterocycles. The van der Waals surface area contributed by atoms with Gasteiger partial charge in [-0.1, -0.05) is 25.0 Å². The third-order valence-corrected chi connectivity index (χ3v) is 4.22. The smallest absolute Gasteiger partial charge is 0.258 e. The number of aromatic amines is 1. The molecule has 1 atom stereocenters. The molecule has 2 aromatic rings. The quantitative estimate of drug-likeness (QED) is 0.913. The second-order valence-electron chi connectivity index (χ2n) is 5.59. The molecule has 20 heavy (non-hydrogen) atoms. The molecule has 2 heterocycles. The van der Waals surface area contributed by atoms with Crippen LogP contribution in [0.2, 0.25) is 0 Å². The number of rotatable bonds is 2. The van der Waals surface area contributed by atoms with E-state index in [1.165, 1.54) is 25.7 Å². The lowest BCUT2D eigenvalue weighted by Gasteiger charge is -2.26. The summed E-state index contributed by atoms with van der Waals surface area (Å²) in [5.74, 6) is 0.788. The molecule has 1 aliphatic heterocycles. The van der Waals surface area contributed by atoms with Gasteiger partial charge in [0.25, 0.3) is 5.56 Å². The number of hydrogen-bond acceptors (Lipinski definition) is 3. The van der Waals surface area contributed by atoms with Crippen molar-refractivity contribution >= 4 is 10.9 Å². The average Bonchev–Trinajstić information content (AvgIpc) is 2.75. The van der Waals surface area contributed by atoms with Gasteiger partial charge in [-0.15, -0.1) is 0 Å². The monoisotopic (exact) mass is 271 g/mol. The fraction of sp³-hybridized carbons (Fsp3) is 0.500. The first-order valence-corrected chi connectivity index (χ1v) is 7.49. The van der Waals surface area contributed by atoms with Gasteiger partial charge < -0.3 is 4.98 Å². The summed E-state index contributed by atoms with van der Waals surface area (Å²) in [6, 6.07) is 7.70. The molecule has 1 aliphatic rings. The molecule has 0 unspecified atom stereocenters. The van der Waals surface area contributed by atoms with Crippen molar-refractivity contribution in [1.82, 2.24) is 14.9 Å². The Labute approximate surface area is 118 Å². The minimum Gasteiger partial charge on any atom is -0.309 e. The van der Waals surface area contributed by atoms with Crippen molar-refractivity contribution in [3.05, 3.63) is 40.4 Å². The predicted octanol–water partition coefficient (Wildman–Crippen LogP) is 2.86. The van der Waals surface area contributed by atoms with E-state index in [1.807, 2.05) is 24.3 Å². The molecule has 1 aromatic carbocycles. The minimum absolute atomic E-state index is 0.0349. The SMILES string of the molecule is C[C@H](c1nc2ccccc2c(=O)[nH]1)N1CCCCCC1. The number of nitrogens with one attached hydrogen (secondary N) is 1. The van der Waals surface area contributed by atoms with Crippen LogP contribution in [0.5, 0.6) is 0 Å². The summed E-state index contributed by atoms with van der Waals surface area (Å²) in [7, 11) is 0. The average molecular weight is 271 g/mol. The van der Waals surface area contributed by atoms with E-state index in [0.29, 0.717) is 5.39 Å². The first-order valence-electron chi connectivity index (χ1n) is 7.49. The van der Waals surface area contributed by atoms with E-state index in [9.17, 15) is 4.79 Å². The summed E-state index contributed by atoms with van der Waals surface area (Å²) in [4.78, 5) is 22.2. The maximum atomic E-state index is 12.1. The van der Waals surface area contributed by atoms with Gasteiger partial charge in [-0.25, -0.2) is 4.98 Å².